The molecule has 0 fully saturated rings. The number of hydrogen-bond donors (Lipinski definition) is 16. The van der Waals surface area contributed by atoms with E-state index in [0.29, 0.717) is 12.0 Å². The Morgan fingerprint density at radius 3 is 1.59 bits per heavy atom. The molecule has 0 heterocycles. The Morgan fingerprint density at radius 1 is 0.603 bits per heavy atom. The summed E-state index contributed by atoms with van der Waals surface area (Å²) in [6.45, 7) is 9.12. The molecule has 25 heteroatoms. The van der Waals surface area contributed by atoms with E-state index >= 15 is 0 Å². The van der Waals surface area contributed by atoms with Crippen molar-refractivity contribution in [3.63, 3.8) is 0 Å². The van der Waals surface area contributed by atoms with Crippen LogP contribution in [-0.2, 0) is 49.6 Å². The highest BCUT2D eigenvalue weighted by molar-refractivity contribution is 5.98. The number of unbranched alkanes of at least 4 members (excludes halogenated alkanes) is 1. The number of hydrogen-bond acceptors (Lipinski definition) is 14. The normalized spacial score (nSPS) is 15.5. The number of primary amides is 1. The number of amides is 8. The Kier molecular flexibility index (Phi) is 26.1. The number of carbonyl (C=O) groups excluding carboxylic acids is 8. The van der Waals surface area contributed by atoms with Crippen molar-refractivity contribution < 1.29 is 63.6 Å². The third-order valence-corrected chi connectivity index (χ3v) is 10.5. The number of carbonyl (C=O) groups is 9. The maximum Gasteiger partial charge on any atom is 0.305 e. The number of rotatable bonds is 31. The predicted octanol–water partition coefficient (Wildman–Crippen LogP) is -3.86. The van der Waals surface area contributed by atoms with Crippen LogP contribution in [0.1, 0.15) is 92.1 Å². The quantitative estimate of drug-likeness (QED) is 0.0192. The number of nitrogens with one attached hydrogen (secondary N) is 9. The summed E-state index contributed by atoms with van der Waals surface area (Å²) in [5, 5.41) is 66.8. The van der Waals surface area contributed by atoms with Crippen LogP contribution in [-0.4, -0.2) is 147 Å². The molecule has 19 N–H and O–H groups in total. The highest BCUT2D eigenvalue weighted by Crippen LogP contribution is 2.14. The van der Waals surface area contributed by atoms with Crippen molar-refractivity contribution in [1.29, 1.82) is 5.41 Å². The topological polar surface area (TPSA) is 433 Å². The van der Waals surface area contributed by atoms with Gasteiger partial charge in [-0.05, 0) is 89.5 Å². The molecule has 0 saturated heterocycles. The molecule has 0 bridgehead atoms. The van der Waals surface area contributed by atoms with Crippen LogP contribution in [0.3, 0.4) is 0 Å². The molecule has 0 aliphatic heterocycles. The van der Waals surface area contributed by atoms with Crippen LogP contribution in [0.15, 0.2) is 24.3 Å². The molecule has 0 aromatic heterocycles. The highest BCUT2D eigenvalue weighted by Gasteiger charge is 2.36. The SMILES string of the molecule is CC(C)C[C@H](NC(=O)[C@H](CCCNC(=N)N)NC(=O)[C@H](Cc1ccc(O)cc1)NC(=O)[C@H](CCCCN)NC(=O)[C@H](CC(=O)O)NC(=O)[C@@H](NC(=O)[C@H](C)NC(=O)[C@@H](C)[C@@H](C)O)[C@@H](C)O)C(N)=O. The van der Waals surface area contributed by atoms with Gasteiger partial charge in [-0.25, -0.2) is 0 Å². The van der Waals surface area contributed by atoms with Crippen LogP contribution in [0.4, 0.5) is 0 Å². The lowest BCUT2D eigenvalue weighted by molar-refractivity contribution is -0.142. The second-order valence-electron chi connectivity index (χ2n) is 17.1. The molecule has 0 aliphatic rings. The van der Waals surface area contributed by atoms with Crippen molar-refractivity contribution in [2.24, 2.45) is 29.0 Å². The zero-order valence-corrected chi connectivity index (χ0v) is 39.4. The third kappa shape index (κ3) is 22.3. The standard InChI is InChI=1S/C43H72N12O13/c1-21(2)18-30(35(45)61)52-38(64)29(11-9-17-48-43(46)47)51-40(66)31(19-26-12-14-27(58)15-13-26)53-39(65)28(10-7-8-16-44)50-41(67)32(20-33(59)60)54-42(68)34(25(6)57)55-37(63)23(4)49-36(62)22(3)24(5)56/h12-15,21-25,28-32,34,56-58H,7-11,16-20,44H2,1-6H3,(H2,45,61)(H,49,62)(H,50,67)(H,51,66)(H,52,64)(H,53,65)(H,54,68)(H,55,63)(H,59,60)(H4,46,47,48)/t22-,23-,24+,25+,28-,29-,30-,31-,32-,34-/m0/s1. The van der Waals surface area contributed by atoms with Crippen molar-refractivity contribution >= 4 is 59.2 Å². The average molecular weight is 965 g/mol. The molecule has 1 aromatic rings. The van der Waals surface area contributed by atoms with Gasteiger partial charge >= 0.3 is 5.97 Å². The summed E-state index contributed by atoms with van der Waals surface area (Å²) >= 11 is 0. The van der Waals surface area contributed by atoms with Gasteiger partial charge in [-0.2, -0.15) is 0 Å². The number of aromatic hydroxyl groups is 1. The molecule has 0 unspecified atom stereocenters. The van der Waals surface area contributed by atoms with E-state index in [-0.39, 0.29) is 69.2 Å². The molecule has 0 aliphatic carbocycles. The minimum absolute atomic E-state index is 0.0439. The monoisotopic (exact) mass is 965 g/mol. The van der Waals surface area contributed by atoms with E-state index in [1.54, 1.807) is 0 Å². The Morgan fingerprint density at radius 2 is 1.10 bits per heavy atom. The minimum atomic E-state index is -1.90. The first-order chi connectivity index (χ1) is 31.8. The molecular weight excluding hydrogens is 893 g/mol. The first kappa shape index (κ1) is 59.4. The summed E-state index contributed by atoms with van der Waals surface area (Å²) in [4.78, 5) is 119. The predicted molar refractivity (Wildman–Crippen MR) is 246 cm³/mol. The number of phenolic OH excluding ortho intramolecular Hbond substituents is 1. The number of carboxylic acids is 1. The molecule has 25 nitrogen and oxygen atoms in total. The summed E-state index contributed by atoms with van der Waals surface area (Å²) in [6, 6.07) is -4.74. The lowest BCUT2D eigenvalue weighted by atomic mass is 10.0. The zero-order valence-electron chi connectivity index (χ0n) is 39.4. The number of benzene rings is 1. The first-order valence-electron chi connectivity index (χ1n) is 22.3. The van der Waals surface area contributed by atoms with E-state index < -0.39 is 120 Å². The number of aliphatic hydroxyl groups is 2. The van der Waals surface area contributed by atoms with Gasteiger partial charge in [0.05, 0.1) is 24.5 Å². The van der Waals surface area contributed by atoms with E-state index in [1.165, 1.54) is 45.0 Å². The molecule has 10 atom stereocenters. The van der Waals surface area contributed by atoms with Crippen LogP contribution in [0.25, 0.3) is 0 Å². The molecule has 1 aromatic carbocycles. The van der Waals surface area contributed by atoms with Gasteiger partial charge in [-0.3, -0.25) is 48.6 Å². The van der Waals surface area contributed by atoms with Gasteiger partial charge in [0.2, 0.25) is 47.3 Å². The number of carboxylic acid groups (broad SMARTS) is 1. The molecule has 1 rings (SSSR count). The van der Waals surface area contributed by atoms with Crippen molar-refractivity contribution in [2.45, 2.75) is 147 Å². The van der Waals surface area contributed by atoms with Crippen LogP contribution in [0.5, 0.6) is 5.75 Å². The van der Waals surface area contributed by atoms with Gasteiger partial charge in [-0.15, -0.1) is 0 Å². The zero-order chi connectivity index (χ0) is 51.8. The van der Waals surface area contributed by atoms with E-state index in [9.17, 15) is 63.6 Å². The Balaban J connectivity index is 3.54. The van der Waals surface area contributed by atoms with Crippen molar-refractivity contribution in [2.75, 3.05) is 13.1 Å². The van der Waals surface area contributed by atoms with E-state index in [2.05, 4.69) is 42.5 Å². The number of phenols is 1. The van der Waals surface area contributed by atoms with Crippen LogP contribution in [0, 0.1) is 17.2 Å². The lowest BCUT2D eigenvalue weighted by Crippen LogP contribution is -2.61. The fourth-order valence-electron chi connectivity index (χ4n) is 6.40. The summed E-state index contributed by atoms with van der Waals surface area (Å²) in [6.07, 6.45) is -3.13. The second kappa shape index (κ2) is 29.9. The van der Waals surface area contributed by atoms with Crippen LogP contribution < -0.4 is 59.7 Å². The molecule has 68 heavy (non-hydrogen) atoms. The number of aliphatic hydroxyl groups excluding tert-OH is 2. The van der Waals surface area contributed by atoms with E-state index in [0.717, 1.165) is 6.92 Å². The summed E-state index contributed by atoms with van der Waals surface area (Å²) in [5.41, 5.74) is 17.1. The summed E-state index contributed by atoms with van der Waals surface area (Å²) in [7, 11) is 0. The number of guanidine groups is 1. The molecule has 382 valence electrons. The largest absolute Gasteiger partial charge is 0.508 e. The summed E-state index contributed by atoms with van der Waals surface area (Å²) in [5.74, 6) is -10.4. The van der Waals surface area contributed by atoms with Gasteiger partial charge in [0.25, 0.3) is 0 Å². The van der Waals surface area contributed by atoms with E-state index in [4.69, 9.17) is 22.6 Å². The molecule has 8 amide bonds. The van der Waals surface area contributed by atoms with Crippen molar-refractivity contribution in [3.8, 4) is 5.75 Å². The van der Waals surface area contributed by atoms with Crippen LogP contribution >= 0.6 is 0 Å². The van der Waals surface area contributed by atoms with Gasteiger partial charge in [0.1, 0.15) is 48.0 Å². The number of nitrogens with two attached hydrogens (primary N) is 3. The minimum Gasteiger partial charge on any atom is -0.508 e. The number of aliphatic carboxylic acids is 1. The lowest BCUT2D eigenvalue weighted by Gasteiger charge is -2.28. The third-order valence-electron chi connectivity index (χ3n) is 10.5. The Bertz CT molecular complexity index is 1880. The highest BCUT2D eigenvalue weighted by atomic mass is 16.4. The maximum atomic E-state index is 14.2. The smallest absolute Gasteiger partial charge is 0.305 e. The van der Waals surface area contributed by atoms with Crippen molar-refractivity contribution in [1.82, 2.24) is 42.5 Å². The summed E-state index contributed by atoms with van der Waals surface area (Å²) < 4.78 is 0. The Labute approximate surface area is 395 Å². The fraction of sp³-hybridized carbons (Fsp3) is 0.628. The van der Waals surface area contributed by atoms with Gasteiger partial charge < -0.3 is 80.2 Å². The first-order valence-corrected chi connectivity index (χ1v) is 22.3. The van der Waals surface area contributed by atoms with Crippen LogP contribution in [0.2, 0.25) is 0 Å². The average Bonchev–Trinajstić information content (AvgIpc) is 3.24. The maximum absolute atomic E-state index is 14.2. The van der Waals surface area contributed by atoms with E-state index in [1.807, 2.05) is 13.8 Å². The van der Waals surface area contributed by atoms with Gasteiger partial charge in [0, 0.05) is 13.0 Å². The fourth-order valence-corrected chi connectivity index (χ4v) is 6.40. The molecule has 0 spiro atoms. The molecule has 0 saturated carbocycles. The molecule has 0 radical (unpaired) electrons. The Hall–Kier alpha value is -6.60. The van der Waals surface area contributed by atoms with Gasteiger partial charge in [0.15, 0.2) is 5.96 Å². The van der Waals surface area contributed by atoms with Crippen molar-refractivity contribution in [3.05, 3.63) is 29.8 Å². The van der Waals surface area contributed by atoms with Gasteiger partial charge in [-0.1, -0.05) is 32.9 Å². The second-order valence-corrected chi connectivity index (χ2v) is 17.1. The molecular formula is C43H72N12O13.